The lowest BCUT2D eigenvalue weighted by Crippen LogP contribution is -1.79. The number of H-pyrrole nitrogens is 1. The third kappa shape index (κ3) is 1.10. The Morgan fingerprint density at radius 2 is 2.08 bits per heavy atom. The molecule has 12 heavy (non-hydrogen) atoms. The topological polar surface area (TPSA) is 28.7 Å². The fourth-order valence-corrected chi connectivity index (χ4v) is 2.11. The van der Waals surface area contributed by atoms with Gasteiger partial charge in [0.25, 0.3) is 0 Å². The molecular weight excluding hydrogens is 284 g/mol. The molecule has 0 aliphatic carbocycles. The minimum Gasteiger partial charge on any atom is -0.278 e. The predicted molar refractivity (Wildman–Crippen MR) is 56.2 cm³/mol. The highest BCUT2D eigenvalue weighted by Crippen LogP contribution is 2.33. The van der Waals surface area contributed by atoms with E-state index in [9.17, 15) is 0 Å². The molecule has 0 spiro atoms. The highest BCUT2D eigenvalue weighted by atomic mass is 79.9. The van der Waals surface area contributed by atoms with Crippen molar-refractivity contribution < 1.29 is 0 Å². The van der Waals surface area contributed by atoms with Crippen molar-refractivity contribution in [3.8, 4) is 0 Å². The van der Waals surface area contributed by atoms with Gasteiger partial charge in [-0.1, -0.05) is 0 Å². The Morgan fingerprint density at radius 3 is 2.83 bits per heavy atom. The van der Waals surface area contributed by atoms with Crippen LogP contribution in [0, 0.1) is 6.92 Å². The van der Waals surface area contributed by atoms with Gasteiger partial charge in [-0.15, -0.1) is 0 Å². The van der Waals surface area contributed by atoms with E-state index in [1.54, 1.807) is 0 Å². The first-order chi connectivity index (χ1) is 5.70. The maximum absolute atomic E-state index is 3.97. The van der Waals surface area contributed by atoms with Crippen LogP contribution >= 0.6 is 31.9 Å². The third-order valence-electron chi connectivity index (χ3n) is 1.81. The van der Waals surface area contributed by atoms with E-state index in [4.69, 9.17) is 0 Å². The van der Waals surface area contributed by atoms with Crippen molar-refractivity contribution >= 4 is 42.8 Å². The molecule has 2 nitrogen and oxygen atoms in total. The number of nitrogens with one attached hydrogen (secondary N) is 1. The molecule has 1 heterocycles. The Morgan fingerprint density at radius 1 is 1.33 bits per heavy atom. The quantitative estimate of drug-likeness (QED) is 0.791. The number of benzene rings is 1. The lowest BCUT2D eigenvalue weighted by Gasteiger charge is -2.01. The molecule has 0 amide bonds. The first-order valence-corrected chi connectivity index (χ1v) is 5.06. The lowest BCUT2D eigenvalue weighted by molar-refractivity contribution is 1.12. The van der Waals surface area contributed by atoms with Gasteiger partial charge in [-0.2, -0.15) is 5.10 Å². The van der Waals surface area contributed by atoms with E-state index >= 15 is 0 Å². The molecule has 0 unspecified atom stereocenters. The van der Waals surface area contributed by atoms with E-state index in [-0.39, 0.29) is 0 Å². The van der Waals surface area contributed by atoms with Crippen molar-refractivity contribution in [1.82, 2.24) is 10.2 Å². The smallest absolute Gasteiger partial charge is 0.0665 e. The molecule has 62 valence electrons. The molecule has 0 aliphatic rings. The largest absolute Gasteiger partial charge is 0.278 e. The molecule has 0 aliphatic heterocycles. The third-order valence-corrected chi connectivity index (χ3v) is 4.18. The molecule has 0 radical (unpaired) electrons. The van der Waals surface area contributed by atoms with Crippen LogP contribution in [-0.4, -0.2) is 10.2 Å². The maximum atomic E-state index is 3.97. The summed E-state index contributed by atoms with van der Waals surface area (Å²) >= 11 is 7.00. The van der Waals surface area contributed by atoms with Gasteiger partial charge < -0.3 is 0 Å². The average molecular weight is 290 g/mol. The normalized spacial score (nSPS) is 10.9. The van der Waals surface area contributed by atoms with Gasteiger partial charge in [0, 0.05) is 14.3 Å². The van der Waals surface area contributed by atoms with Crippen LogP contribution in [0.3, 0.4) is 0 Å². The summed E-state index contributed by atoms with van der Waals surface area (Å²) in [6.07, 6.45) is 1.81. The number of aromatic amines is 1. The van der Waals surface area contributed by atoms with E-state index in [1.165, 1.54) is 5.56 Å². The fourth-order valence-electron chi connectivity index (χ4n) is 1.15. The van der Waals surface area contributed by atoms with Crippen LogP contribution in [0.1, 0.15) is 5.56 Å². The molecule has 0 saturated heterocycles. The van der Waals surface area contributed by atoms with Gasteiger partial charge in [-0.05, 0) is 50.4 Å². The number of hydrogen-bond donors (Lipinski definition) is 1. The summed E-state index contributed by atoms with van der Waals surface area (Å²) in [7, 11) is 0. The molecule has 2 rings (SSSR count). The van der Waals surface area contributed by atoms with Crippen molar-refractivity contribution in [2.75, 3.05) is 0 Å². The van der Waals surface area contributed by atoms with Crippen molar-refractivity contribution in [1.29, 1.82) is 0 Å². The average Bonchev–Trinajstić information content (AvgIpc) is 2.48. The standard InChI is InChI=1S/C8H6Br2N2/c1-4-2-6-5(3-11-12-6)8(10)7(4)9/h2-3H,1H3,(H,11,12). The zero-order valence-electron chi connectivity index (χ0n) is 6.36. The fraction of sp³-hybridized carbons (Fsp3) is 0.125. The van der Waals surface area contributed by atoms with Gasteiger partial charge in [0.15, 0.2) is 0 Å². The Balaban J connectivity index is 2.94. The number of fused-ring (bicyclic) bond motifs is 1. The maximum Gasteiger partial charge on any atom is 0.0665 e. The summed E-state index contributed by atoms with van der Waals surface area (Å²) in [4.78, 5) is 0. The van der Waals surface area contributed by atoms with E-state index in [2.05, 4.69) is 55.0 Å². The van der Waals surface area contributed by atoms with Crippen LogP contribution in [0.2, 0.25) is 0 Å². The van der Waals surface area contributed by atoms with Crippen LogP contribution in [-0.2, 0) is 0 Å². The Hall–Kier alpha value is -0.350. The number of aryl methyl sites for hydroxylation is 1. The summed E-state index contributed by atoms with van der Waals surface area (Å²) in [6.45, 7) is 2.05. The zero-order valence-corrected chi connectivity index (χ0v) is 9.53. The number of rotatable bonds is 0. The second-order valence-electron chi connectivity index (χ2n) is 2.65. The second-order valence-corrected chi connectivity index (χ2v) is 4.24. The summed E-state index contributed by atoms with van der Waals surface area (Å²) in [5.41, 5.74) is 2.25. The van der Waals surface area contributed by atoms with Gasteiger partial charge in [0.05, 0.1) is 11.7 Å². The Labute approximate surface area is 86.6 Å². The first kappa shape index (κ1) is 8.26. The summed E-state index contributed by atoms with van der Waals surface area (Å²) < 4.78 is 2.16. The van der Waals surface area contributed by atoms with E-state index in [0.717, 1.165) is 19.8 Å². The molecule has 1 aromatic carbocycles. The van der Waals surface area contributed by atoms with Crippen molar-refractivity contribution in [3.63, 3.8) is 0 Å². The molecule has 0 atom stereocenters. The SMILES string of the molecule is Cc1cc2[nH]ncc2c(Br)c1Br. The molecule has 1 N–H and O–H groups in total. The van der Waals surface area contributed by atoms with Gasteiger partial charge >= 0.3 is 0 Å². The molecule has 1 aromatic heterocycles. The van der Waals surface area contributed by atoms with Crippen molar-refractivity contribution in [3.05, 3.63) is 26.8 Å². The van der Waals surface area contributed by atoms with Crippen LogP contribution in [0.15, 0.2) is 21.2 Å². The van der Waals surface area contributed by atoms with Crippen LogP contribution in [0.4, 0.5) is 0 Å². The number of halogens is 2. The highest BCUT2D eigenvalue weighted by molar-refractivity contribution is 9.13. The molecular formula is C8H6Br2N2. The zero-order chi connectivity index (χ0) is 8.72. The predicted octanol–water partition coefficient (Wildman–Crippen LogP) is 3.40. The summed E-state index contributed by atoms with van der Waals surface area (Å²) in [6, 6.07) is 2.07. The van der Waals surface area contributed by atoms with Gasteiger partial charge in [-0.3, -0.25) is 5.10 Å². The first-order valence-electron chi connectivity index (χ1n) is 3.48. The monoisotopic (exact) mass is 288 g/mol. The van der Waals surface area contributed by atoms with Crippen molar-refractivity contribution in [2.24, 2.45) is 0 Å². The summed E-state index contributed by atoms with van der Waals surface area (Å²) in [5, 5.41) is 8.00. The van der Waals surface area contributed by atoms with E-state index < -0.39 is 0 Å². The second kappa shape index (κ2) is 2.85. The van der Waals surface area contributed by atoms with E-state index in [1.807, 2.05) is 6.20 Å². The molecule has 0 bridgehead atoms. The van der Waals surface area contributed by atoms with Crippen LogP contribution in [0.25, 0.3) is 10.9 Å². The van der Waals surface area contributed by atoms with Crippen molar-refractivity contribution in [2.45, 2.75) is 6.92 Å². The molecule has 2 aromatic rings. The van der Waals surface area contributed by atoms with Gasteiger partial charge in [-0.25, -0.2) is 0 Å². The van der Waals surface area contributed by atoms with Gasteiger partial charge in [0.1, 0.15) is 0 Å². The highest BCUT2D eigenvalue weighted by Gasteiger charge is 2.06. The van der Waals surface area contributed by atoms with Crippen LogP contribution < -0.4 is 0 Å². The molecule has 0 fully saturated rings. The Kier molecular flexibility index (Phi) is 1.96. The number of nitrogens with zero attached hydrogens (tertiary/aromatic N) is 1. The minimum absolute atomic E-state index is 1.06. The number of hydrogen-bond acceptors (Lipinski definition) is 1. The molecule has 0 saturated carbocycles. The minimum atomic E-state index is 1.06. The number of aromatic nitrogens is 2. The summed E-state index contributed by atoms with van der Waals surface area (Å²) in [5.74, 6) is 0. The van der Waals surface area contributed by atoms with E-state index in [0.29, 0.717) is 0 Å². The molecule has 4 heteroatoms. The lowest BCUT2D eigenvalue weighted by atomic mass is 10.2. The van der Waals surface area contributed by atoms with Gasteiger partial charge in [0.2, 0.25) is 0 Å². The van der Waals surface area contributed by atoms with Crippen LogP contribution in [0.5, 0.6) is 0 Å². The Bertz CT molecular complexity index is 434.